The summed E-state index contributed by atoms with van der Waals surface area (Å²) in [6.45, 7) is 3.94. The Morgan fingerprint density at radius 3 is 2.25 bits per heavy atom. The van der Waals surface area contributed by atoms with Crippen molar-refractivity contribution in [1.29, 1.82) is 0 Å². The molecule has 0 saturated carbocycles. The number of rotatable bonds is 4. The SMILES string of the molecule is C=c1[nH]n(-c2ccccc2)c(=O)/c1=C\c1ccc(NC(=O)c2ccc3c(c2)S(=O)(=O)c2ccccc2C3=O)cc1. The summed E-state index contributed by atoms with van der Waals surface area (Å²) in [5.74, 6) is -0.930. The molecule has 196 valence electrons. The Labute approximate surface area is 228 Å². The third-order valence-corrected chi connectivity index (χ3v) is 8.55. The molecule has 6 rings (SSSR count). The number of ketones is 1. The van der Waals surface area contributed by atoms with E-state index in [1.807, 2.05) is 30.3 Å². The highest BCUT2D eigenvalue weighted by molar-refractivity contribution is 7.91. The number of carbonyl (C=O) groups is 2. The Morgan fingerprint density at radius 1 is 0.825 bits per heavy atom. The summed E-state index contributed by atoms with van der Waals surface area (Å²) >= 11 is 0. The van der Waals surface area contributed by atoms with Crippen LogP contribution in [0.1, 0.15) is 31.8 Å². The molecule has 1 aliphatic rings. The molecule has 0 fully saturated rings. The Kier molecular flexibility index (Phi) is 5.93. The summed E-state index contributed by atoms with van der Waals surface area (Å²) in [6, 6.07) is 26.0. The first kappa shape index (κ1) is 25.0. The number of sulfone groups is 1. The molecule has 1 amide bonds. The number of H-pyrrole nitrogens is 1. The normalized spacial score (nSPS) is 13.9. The second kappa shape index (κ2) is 9.48. The van der Waals surface area contributed by atoms with Crippen LogP contribution in [-0.2, 0) is 9.84 Å². The van der Waals surface area contributed by atoms with Crippen molar-refractivity contribution in [3.63, 3.8) is 0 Å². The number of aromatic amines is 1. The van der Waals surface area contributed by atoms with Gasteiger partial charge in [-0.1, -0.05) is 49.0 Å². The fourth-order valence-corrected chi connectivity index (χ4v) is 6.34. The van der Waals surface area contributed by atoms with Gasteiger partial charge >= 0.3 is 0 Å². The molecule has 0 bridgehead atoms. The third kappa shape index (κ3) is 4.18. The number of nitrogens with one attached hydrogen (secondary N) is 2. The van der Waals surface area contributed by atoms with Crippen LogP contribution in [0, 0.1) is 0 Å². The number of amides is 1. The van der Waals surface area contributed by atoms with E-state index in [0.717, 1.165) is 5.56 Å². The fourth-order valence-electron chi connectivity index (χ4n) is 4.66. The van der Waals surface area contributed by atoms with Crippen molar-refractivity contribution >= 4 is 39.9 Å². The number of hydrogen-bond acceptors (Lipinski definition) is 5. The van der Waals surface area contributed by atoms with E-state index in [9.17, 15) is 22.8 Å². The number of aromatic nitrogens is 2. The fraction of sp³-hybridized carbons (Fsp3) is 0. The largest absolute Gasteiger partial charge is 0.322 e. The molecule has 0 saturated heterocycles. The molecule has 0 aliphatic carbocycles. The molecular formula is C31H21N3O5S. The van der Waals surface area contributed by atoms with Crippen molar-refractivity contribution in [2.75, 3.05) is 5.32 Å². The molecule has 2 N–H and O–H groups in total. The van der Waals surface area contributed by atoms with Gasteiger partial charge in [-0.15, -0.1) is 0 Å². The number of anilines is 1. The zero-order valence-corrected chi connectivity index (χ0v) is 21.7. The maximum Gasteiger partial charge on any atom is 0.279 e. The molecule has 2 heterocycles. The molecule has 0 atom stereocenters. The van der Waals surface area contributed by atoms with Gasteiger partial charge in [-0.05, 0) is 66.2 Å². The lowest BCUT2D eigenvalue weighted by Gasteiger charge is -2.19. The summed E-state index contributed by atoms with van der Waals surface area (Å²) in [4.78, 5) is 38.5. The maximum atomic E-state index is 13.2. The minimum absolute atomic E-state index is 0.0380. The van der Waals surface area contributed by atoms with Gasteiger partial charge in [0.1, 0.15) is 0 Å². The van der Waals surface area contributed by atoms with Crippen molar-refractivity contribution in [3.8, 4) is 5.69 Å². The zero-order chi connectivity index (χ0) is 28.0. The van der Waals surface area contributed by atoms with Crippen LogP contribution in [-0.4, -0.2) is 29.9 Å². The van der Waals surface area contributed by atoms with E-state index in [2.05, 4.69) is 17.0 Å². The van der Waals surface area contributed by atoms with E-state index in [4.69, 9.17) is 0 Å². The smallest absolute Gasteiger partial charge is 0.279 e. The molecule has 9 heteroatoms. The number of fused-ring (bicyclic) bond motifs is 2. The molecule has 0 spiro atoms. The van der Waals surface area contributed by atoms with Crippen molar-refractivity contribution in [2.24, 2.45) is 0 Å². The topological polar surface area (TPSA) is 118 Å². The Hall–Kier alpha value is -5.28. The predicted octanol–water partition coefficient (Wildman–Crippen LogP) is 3.03. The summed E-state index contributed by atoms with van der Waals surface area (Å²) in [5.41, 5.74) is 1.90. The van der Waals surface area contributed by atoms with Gasteiger partial charge in [-0.25, -0.2) is 13.1 Å². The third-order valence-electron chi connectivity index (χ3n) is 6.70. The lowest BCUT2D eigenvalue weighted by Crippen LogP contribution is -2.33. The van der Waals surface area contributed by atoms with Crippen LogP contribution in [0.4, 0.5) is 5.69 Å². The summed E-state index contributed by atoms with van der Waals surface area (Å²) in [6.07, 6.45) is 1.70. The van der Waals surface area contributed by atoms with Crippen LogP contribution in [0.25, 0.3) is 18.3 Å². The molecule has 5 aromatic rings. The average molecular weight is 548 g/mol. The number of carbonyl (C=O) groups excluding carboxylic acids is 2. The highest BCUT2D eigenvalue weighted by Crippen LogP contribution is 2.34. The van der Waals surface area contributed by atoms with Crippen LogP contribution in [0.5, 0.6) is 0 Å². The van der Waals surface area contributed by atoms with Gasteiger partial charge in [0.25, 0.3) is 11.5 Å². The molecular weight excluding hydrogens is 526 g/mol. The molecule has 40 heavy (non-hydrogen) atoms. The van der Waals surface area contributed by atoms with Crippen molar-refractivity contribution < 1.29 is 18.0 Å². The molecule has 1 aromatic heterocycles. The van der Waals surface area contributed by atoms with Crippen LogP contribution in [0.2, 0.25) is 0 Å². The number of hydrogen-bond donors (Lipinski definition) is 2. The van der Waals surface area contributed by atoms with Gasteiger partial charge in [0, 0.05) is 22.4 Å². The Morgan fingerprint density at radius 2 is 1.50 bits per heavy atom. The Balaban J connectivity index is 1.25. The zero-order valence-electron chi connectivity index (χ0n) is 20.9. The average Bonchev–Trinajstić information content (AvgIpc) is 3.25. The standard InChI is InChI=1S/C31H21N3O5S/c1-19-26(31(37)34(33-19)23-7-3-2-4-8-23)17-20-11-14-22(15-12-20)32-30(36)21-13-16-25-28(18-21)40(38,39)27-10-6-5-9-24(27)29(25)35/h2-18,33H,1H2,(H,32,36)/b26-17-. The minimum Gasteiger partial charge on any atom is -0.322 e. The Bertz CT molecular complexity index is 2110. The van der Waals surface area contributed by atoms with Gasteiger partial charge in [0.05, 0.1) is 26.0 Å². The van der Waals surface area contributed by atoms with E-state index in [0.29, 0.717) is 21.9 Å². The number of benzene rings is 4. The van der Waals surface area contributed by atoms with Gasteiger partial charge < -0.3 is 5.32 Å². The van der Waals surface area contributed by atoms with Gasteiger partial charge in [0.15, 0.2) is 5.78 Å². The van der Waals surface area contributed by atoms with Crippen molar-refractivity contribution in [3.05, 3.63) is 140 Å². The number of nitrogens with zero attached hydrogens (tertiary/aromatic N) is 1. The summed E-state index contributed by atoms with van der Waals surface area (Å²) in [5, 5.41) is 6.60. The van der Waals surface area contributed by atoms with Crippen LogP contribution >= 0.6 is 0 Å². The van der Waals surface area contributed by atoms with Gasteiger partial charge in [0.2, 0.25) is 9.84 Å². The first-order chi connectivity index (χ1) is 19.2. The quantitative estimate of drug-likeness (QED) is 0.352. The first-order valence-electron chi connectivity index (χ1n) is 12.3. The lowest BCUT2D eigenvalue weighted by atomic mass is 10.0. The summed E-state index contributed by atoms with van der Waals surface area (Å²) in [7, 11) is -3.96. The predicted molar refractivity (Wildman–Crippen MR) is 151 cm³/mol. The van der Waals surface area contributed by atoms with E-state index >= 15 is 0 Å². The lowest BCUT2D eigenvalue weighted by molar-refractivity contribution is 0.101. The van der Waals surface area contributed by atoms with Gasteiger partial charge in [-0.2, -0.15) is 0 Å². The van der Waals surface area contributed by atoms with E-state index in [-0.39, 0.29) is 32.0 Å². The van der Waals surface area contributed by atoms with Crippen molar-refractivity contribution in [2.45, 2.75) is 9.79 Å². The van der Waals surface area contributed by atoms with E-state index in [1.54, 1.807) is 42.5 Å². The highest BCUT2D eigenvalue weighted by Gasteiger charge is 2.35. The second-order valence-corrected chi connectivity index (χ2v) is 11.1. The first-order valence-corrected chi connectivity index (χ1v) is 13.7. The molecule has 1 aliphatic heterocycles. The molecule has 0 radical (unpaired) electrons. The van der Waals surface area contributed by atoms with Gasteiger partial charge in [-0.3, -0.25) is 19.5 Å². The van der Waals surface area contributed by atoms with Crippen LogP contribution < -0.4 is 21.4 Å². The van der Waals surface area contributed by atoms with E-state index in [1.165, 1.54) is 35.0 Å². The second-order valence-electron chi connectivity index (χ2n) is 9.24. The van der Waals surface area contributed by atoms with E-state index < -0.39 is 21.5 Å². The molecule has 8 nitrogen and oxygen atoms in total. The maximum absolute atomic E-state index is 13.2. The highest BCUT2D eigenvalue weighted by atomic mass is 32.2. The van der Waals surface area contributed by atoms with Crippen LogP contribution in [0.15, 0.2) is 112 Å². The van der Waals surface area contributed by atoms with Crippen LogP contribution in [0.3, 0.4) is 0 Å². The molecule has 0 unspecified atom stereocenters. The monoisotopic (exact) mass is 547 g/mol. The molecule has 4 aromatic carbocycles. The van der Waals surface area contributed by atoms with Crippen molar-refractivity contribution in [1.82, 2.24) is 9.78 Å². The summed E-state index contributed by atoms with van der Waals surface area (Å²) < 4.78 is 27.8. The number of para-hydroxylation sites is 1. The minimum atomic E-state index is -3.96.